The van der Waals surface area contributed by atoms with E-state index in [-0.39, 0.29) is 41.8 Å². The van der Waals surface area contributed by atoms with Gasteiger partial charge in [-0.25, -0.2) is 19.8 Å². The molecule has 12 nitrogen and oxygen atoms in total. The van der Waals surface area contributed by atoms with Crippen molar-refractivity contribution in [3.05, 3.63) is 64.3 Å². The Balaban J connectivity index is 1.50. The Morgan fingerprint density at radius 1 is 1.32 bits per heavy atom. The van der Waals surface area contributed by atoms with Gasteiger partial charge < -0.3 is 25.6 Å². The summed E-state index contributed by atoms with van der Waals surface area (Å²) in [5.74, 6) is -0.106. The van der Waals surface area contributed by atoms with Crippen molar-refractivity contribution in [1.82, 2.24) is 36.0 Å². The number of hydrogen-bond acceptors (Lipinski definition) is 10. The van der Waals surface area contributed by atoms with Gasteiger partial charge in [-0.3, -0.25) is 15.1 Å². The number of benzene rings is 1. The van der Waals surface area contributed by atoms with Crippen LogP contribution in [0.5, 0.6) is 5.75 Å². The molecule has 2 atom stereocenters. The molecule has 1 aromatic carbocycles. The average molecular weight is 584 g/mol. The van der Waals surface area contributed by atoms with Crippen molar-refractivity contribution < 1.29 is 19.0 Å². The van der Waals surface area contributed by atoms with Crippen molar-refractivity contribution in [2.45, 2.75) is 38.6 Å². The second-order valence-electron chi connectivity index (χ2n) is 9.23. The summed E-state index contributed by atoms with van der Waals surface area (Å²) in [5.41, 5.74) is 7.73. The number of aliphatic hydroxyl groups is 1. The van der Waals surface area contributed by atoms with Crippen molar-refractivity contribution in [1.29, 1.82) is 5.41 Å². The van der Waals surface area contributed by atoms with E-state index >= 15 is 0 Å². The molecule has 4 rings (SSSR count). The third-order valence-corrected chi connectivity index (χ3v) is 6.62. The number of ether oxygens (including phenoxy) is 1. The van der Waals surface area contributed by atoms with Crippen molar-refractivity contribution in [3.8, 4) is 17.0 Å². The molecule has 0 saturated carbocycles. The first-order valence-electron chi connectivity index (χ1n) is 12.9. The summed E-state index contributed by atoms with van der Waals surface area (Å²) in [7, 11) is 3.10. The second kappa shape index (κ2) is 13.5. The van der Waals surface area contributed by atoms with Gasteiger partial charge in [0, 0.05) is 30.9 Å². The molecule has 0 radical (unpaired) electrons. The fourth-order valence-corrected chi connectivity index (χ4v) is 4.68. The molecule has 41 heavy (non-hydrogen) atoms. The summed E-state index contributed by atoms with van der Waals surface area (Å²) in [4.78, 5) is 31.8. The molecule has 14 heteroatoms. The minimum Gasteiger partial charge on any atom is -0.497 e. The SMILES string of the molecule is CCC[C@@H](NC(O)CN1Cc2ncc(-c3nc(N=C(C=N)NNC)ncc3Cl)cc2C1=O)c1cc(F)cc(OC)c1. The van der Waals surface area contributed by atoms with Gasteiger partial charge in [-0.05, 0) is 30.2 Å². The lowest BCUT2D eigenvalue weighted by Crippen LogP contribution is -2.42. The highest BCUT2D eigenvalue weighted by atomic mass is 35.5. The van der Waals surface area contributed by atoms with Crippen LogP contribution in [0.4, 0.5) is 10.3 Å². The molecular formula is C27H31ClFN9O3. The molecule has 0 saturated heterocycles. The maximum Gasteiger partial charge on any atom is 0.256 e. The summed E-state index contributed by atoms with van der Waals surface area (Å²) >= 11 is 6.36. The van der Waals surface area contributed by atoms with Gasteiger partial charge in [0.1, 0.15) is 17.8 Å². The van der Waals surface area contributed by atoms with Gasteiger partial charge in [0.15, 0.2) is 5.84 Å². The number of pyridine rings is 1. The first-order chi connectivity index (χ1) is 19.8. The van der Waals surface area contributed by atoms with Crippen LogP contribution in [-0.2, 0) is 6.54 Å². The van der Waals surface area contributed by atoms with Crippen LogP contribution in [0, 0.1) is 11.2 Å². The number of aliphatic imine (C=N–C) groups is 1. The Labute approximate surface area is 241 Å². The number of hydrogen-bond donors (Lipinski definition) is 5. The third-order valence-electron chi connectivity index (χ3n) is 6.34. The first-order valence-corrected chi connectivity index (χ1v) is 13.3. The fraction of sp³-hybridized carbons (Fsp3) is 0.333. The fourth-order valence-electron chi connectivity index (χ4n) is 4.48. The number of β-amino-alcohol motifs (C(OH)–C–C–N with tert-alkyl or cyclic N) is 1. The number of aromatic nitrogens is 3. The molecule has 3 aromatic rings. The Morgan fingerprint density at radius 2 is 2.12 bits per heavy atom. The second-order valence-corrected chi connectivity index (χ2v) is 9.64. The molecule has 3 heterocycles. The van der Waals surface area contributed by atoms with Crippen molar-refractivity contribution >= 4 is 35.5 Å². The maximum atomic E-state index is 14.1. The van der Waals surface area contributed by atoms with Gasteiger partial charge in [-0.1, -0.05) is 24.9 Å². The number of carbonyl (C=O) groups excluding carboxylic acids is 1. The Morgan fingerprint density at radius 3 is 2.83 bits per heavy atom. The molecule has 216 valence electrons. The summed E-state index contributed by atoms with van der Waals surface area (Å²) in [6.45, 7) is 2.20. The number of halogens is 2. The van der Waals surface area contributed by atoms with Crippen LogP contribution < -0.4 is 20.9 Å². The molecule has 0 spiro atoms. The standard InChI is InChI=1S/C27H31ClFN9O3/c1-4-5-21(15-6-17(29)9-18(7-15)41-3)34-24(39)14-38-13-22-19(26(38)40)8-16(11-32-22)25-20(28)12-33-27(36-25)35-23(10-30)37-31-2/h6-12,21,24,30-31,34,39H,4-5,13-14H2,1-3H3,(H,33,35,36,37)/t21-,24?/m1/s1. The summed E-state index contributed by atoms with van der Waals surface area (Å²) < 4.78 is 19.3. The van der Waals surface area contributed by atoms with E-state index < -0.39 is 12.0 Å². The number of rotatable bonds is 12. The number of methoxy groups -OCH3 is 1. The molecule has 0 aliphatic carbocycles. The number of nitrogens with zero attached hydrogens (tertiary/aromatic N) is 5. The smallest absolute Gasteiger partial charge is 0.256 e. The molecule has 2 aromatic heterocycles. The van der Waals surface area contributed by atoms with E-state index in [0.717, 1.165) is 12.6 Å². The minimum absolute atomic E-state index is 0.00478. The highest BCUT2D eigenvalue weighted by molar-refractivity contribution is 6.33. The lowest BCUT2D eigenvalue weighted by molar-refractivity contribution is 0.0529. The van der Waals surface area contributed by atoms with Crippen LogP contribution in [0.1, 0.15) is 47.4 Å². The van der Waals surface area contributed by atoms with E-state index in [2.05, 4.69) is 36.1 Å². The average Bonchev–Trinajstić information content (AvgIpc) is 3.26. The van der Waals surface area contributed by atoms with Crippen LogP contribution in [0.25, 0.3) is 11.3 Å². The zero-order valence-electron chi connectivity index (χ0n) is 22.8. The number of hydrazine groups is 1. The zero-order valence-corrected chi connectivity index (χ0v) is 23.5. The quantitative estimate of drug-likeness (QED) is 0.0933. The molecule has 1 aliphatic rings. The molecule has 0 bridgehead atoms. The lowest BCUT2D eigenvalue weighted by Gasteiger charge is -2.26. The van der Waals surface area contributed by atoms with Gasteiger partial charge in [-0.15, -0.1) is 0 Å². The van der Waals surface area contributed by atoms with Crippen LogP contribution >= 0.6 is 11.6 Å². The van der Waals surface area contributed by atoms with Crippen LogP contribution in [0.3, 0.4) is 0 Å². The maximum absolute atomic E-state index is 14.1. The summed E-state index contributed by atoms with van der Waals surface area (Å²) in [5, 5.41) is 21.7. The molecule has 5 N–H and O–H groups in total. The van der Waals surface area contributed by atoms with Crippen LogP contribution in [0.15, 0.2) is 41.7 Å². The van der Waals surface area contributed by atoms with Crippen molar-refractivity contribution in [3.63, 3.8) is 0 Å². The van der Waals surface area contributed by atoms with Gasteiger partial charge >= 0.3 is 0 Å². The number of fused-ring (bicyclic) bond motifs is 1. The zero-order chi connectivity index (χ0) is 29.5. The van der Waals surface area contributed by atoms with Crippen molar-refractivity contribution in [2.75, 3.05) is 20.7 Å². The van der Waals surface area contributed by atoms with Gasteiger partial charge in [0.05, 0.1) is 54.6 Å². The highest BCUT2D eigenvalue weighted by Gasteiger charge is 2.31. The predicted molar refractivity (Wildman–Crippen MR) is 153 cm³/mol. The van der Waals surface area contributed by atoms with Gasteiger partial charge in [0.2, 0.25) is 0 Å². The van der Waals surface area contributed by atoms with Crippen LogP contribution in [0.2, 0.25) is 5.02 Å². The number of nitrogens with one attached hydrogen (secondary N) is 4. The van der Waals surface area contributed by atoms with Crippen LogP contribution in [-0.4, -0.2) is 69.8 Å². The van der Waals surface area contributed by atoms with E-state index in [1.165, 1.54) is 30.3 Å². The van der Waals surface area contributed by atoms with E-state index in [9.17, 15) is 14.3 Å². The Kier molecular flexibility index (Phi) is 9.89. The minimum atomic E-state index is -1.08. The monoisotopic (exact) mass is 583 g/mol. The normalized spacial score (nSPS) is 14.5. The molecule has 1 aliphatic heterocycles. The highest BCUT2D eigenvalue weighted by Crippen LogP contribution is 2.31. The topological polar surface area (TPSA) is 161 Å². The molecular weight excluding hydrogens is 553 g/mol. The van der Waals surface area contributed by atoms with E-state index in [4.69, 9.17) is 21.7 Å². The number of aliphatic hydroxyl groups excluding tert-OH is 1. The summed E-state index contributed by atoms with van der Waals surface area (Å²) in [6, 6.07) is 5.72. The molecule has 1 unspecified atom stereocenters. The number of amides is 1. The van der Waals surface area contributed by atoms with Gasteiger partial charge in [-0.2, -0.15) is 4.99 Å². The predicted octanol–water partition coefficient (Wildman–Crippen LogP) is 3.15. The third kappa shape index (κ3) is 7.19. The van der Waals surface area contributed by atoms with E-state index in [1.54, 1.807) is 25.4 Å². The molecule has 0 fully saturated rings. The Hall–Kier alpha value is -4.04. The number of amidine groups is 1. The lowest BCUT2D eigenvalue weighted by atomic mass is 10.0. The Bertz CT molecular complexity index is 1460. The summed E-state index contributed by atoms with van der Waals surface area (Å²) in [6.07, 6.45) is 4.29. The van der Waals surface area contributed by atoms with Gasteiger partial charge in [0.25, 0.3) is 11.9 Å². The first kappa shape index (κ1) is 29.9. The largest absolute Gasteiger partial charge is 0.497 e. The van der Waals surface area contributed by atoms with E-state index in [1.807, 2.05) is 6.92 Å². The van der Waals surface area contributed by atoms with Crippen molar-refractivity contribution in [2.24, 2.45) is 4.99 Å². The molecule has 1 amide bonds. The van der Waals surface area contributed by atoms with E-state index in [0.29, 0.717) is 40.2 Å². The number of carbonyl (C=O) groups is 1.